The van der Waals surface area contributed by atoms with Crippen molar-refractivity contribution in [1.82, 2.24) is 0 Å². The molecule has 0 radical (unpaired) electrons. The largest absolute Gasteiger partial charge is 0.492 e. The van der Waals surface area contributed by atoms with E-state index >= 15 is 0 Å². The van der Waals surface area contributed by atoms with Crippen LogP contribution in [0.3, 0.4) is 0 Å². The lowest BCUT2D eigenvalue weighted by molar-refractivity contribution is 0.336. The number of hydrogen-bond acceptors (Lipinski definition) is 2. The summed E-state index contributed by atoms with van der Waals surface area (Å²) in [5.41, 5.74) is 1.36. The maximum atomic E-state index is 13.8. The van der Waals surface area contributed by atoms with Crippen LogP contribution in [0.4, 0.5) is 10.1 Å². The van der Waals surface area contributed by atoms with Crippen LogP contribution >= 0.6 is 43.5 Å². The standard InChI is InChI=1S/C15H13Br2ClFNO/c1-2-21-15-10(16)6-9(7-11(15)17)8-20-13-5-3-4-12(18)14(13)19/h3-7,20H,2,8H2,1H3. The Morgan fingerprint density at radius 1 is 1.24 bits per heavy atom. The van der Waals surface area contributed by atoms with Gasteiger partial charge in [-0.3, -0.25) is 0 Å². The van der Waals surface area contributed by atoms with Crippen molar-refractivity contribution in [3.63, 3.8) is 0 Å². The molecule has 0 amide bonds. The van der Waals surface area contributed by atoms with Crippen molar-refractivity contribution in [3.8, 4) is 5.75 Å². The summed E-state index contributed by atoms with van der Waals surface area (Å²) in [5.74, 6) is 0.318. The van der Waals surface area contributed by atoms with E-state index in [1.807, 2.05) is 19.1 Å². The van der Waals surface area contributed by atoms with Crippen LogP contribution in [-0.2, 0) is 6.54 Å². The number of nitrogens with one attached hydrogen (secondary N) is 1. The van der Waals surface area contributed by atoms with Crippen LogP contribution in [0.2, 0.25) is 5.02 Å². The van der Waals surface area contributed by atoms with Gasteiger partial charge >= 0.3 is 0 Å². The fourth-order valence-corrected chi connectivity index (χ4v) is 3.52. The fraction of sp³-hybridized carbons (Fsp3) is 0.200. The molecule has 2 aromatic carbocycles. The molecule has 112 valence electrons. The molecule has 0 bridgehead atoms. The maximum Gasteiger partial charge on any atom is 0.164 e. The summed E-state index contributed by atoms with van der Waals surface area (Å²) in [4.78, 5) is 0. The number of benzene rings is 2. The first kappa shape index (κ1) is 16.6. The third-order valence-electron chi connectivity index (χ3n) is 2.78. The summed E-state index contributed by atoms with van der Waals surface area (Å²) >= 11 is 12.7. The Hall–Kier alpha value is -0.780. The zero-order valence-corrected chi connectivity index (χ0v) is 15.1. The van der Waals surface area contributed by atoms with Gasteiger partial charge in [0.15, 0.2) is 5.82 Å². The van der Waals surface area contributed by atoms with Gasteiger partial charge in [-0.2, -0.15) is 0 Å². The number of ether oxygens (including phenoxy) is 1. The molecular formula is C15H13Br2ClFNO. The van der Waals surface area contributed by atoms with E-state index in [2.05, 4.69) is 37.2 Å². The maximum absolute atomic E-state index is 13.8. The zero-order chi connectivity index (χ0) is 15.4. The van der Waals surface area contributed by atoms with Crippen LogP contribution in [-0.4, -0.2) is 6.61 Å². The van der Waals surface area contributed by atoms with E-state index in [0.717, 1.165) is 20.3 Å². The predicted molar refractivity (Wildman–Crippen MR) is 91.7 cm³/mol. The Kier molecular flexibility index (Phi) is 5.90. The van der Waals surface area contributed by atoms with E-state index in [9.17, 15) is 4.39 Å². The molecule has 0 unspecified atom stereocenters. The quantitative estimate of drug-likeness (QED) is 0.618. The molecule has 2 aromatic rings. The van der Waals surface area contributed by atoms with Crippen molar-refractivity contribution in [2.45, 2.75) is 13.5 Å². The molecule has 21 heavy (non-hydrogen) atoms. The summed E-state index contributed by atoms with van der Waals surface area (Å²) in [6.07, 6.45) is 0. The van der Waals surface area contributed by atoms with Crippen LogP contribution in [0.1, 0.15) is 12.5 Å². The SMILES string of the molecule is CCOc1c(Br)cc(CNc2cccc(Cl)c2F)cc1Br. The van der Waals surface area contributed by atoms with Crippen molar-refractivity contribution in [1.29, 1.82) is 0 Å². The monoisotopic (exact) mass is 435 g/mol. The van der Waals surface area contributed by atoms with Gasteiger partial charge in [-0.25, -0.2) is 4.39 Å². The molecule has 0 fully saturated rings. The average Bonchev–Trinajstić information content (AvgIpc) is 2.44. The summed E-state index contributed by atoms with van der Waals surface area (Å²) in [6.45, 7) is 2.99. The molecule has 6 heteroatoms. The van der Waals surface area contributed by atoms with Gasteiger partial charge in [0.2, 0.25) is 0 Å². The Morgan fingerprint density at radius 3 is 2.52 bits per heavy atom. The van der Waals surface area contributed by atoms with Gasteiger partial charge in [0.05, 0.1) is 26.3 Å². The predicted octanol–water partition coefficient (Wildman–Crippen LogP) is 6.01. The third kappa shape index (κ3) is 4.11. The molecule has 1 N–H and O–H groups in total. The van der Waals surface area contributed by atoms with Gasteiger partial charge in [-0.15, -0.1) is 0 Å². The molecule has 0 spiro atoms. The topological polar surface area (TPSA) is 21.3 Å². The molecule has 0 aliphatic heterocycles. The van der Waals surface area contributed by atoms with E-state index < -0.39 is 5.82 Å². The number of hydrogen-bond donors (Lipinski definition) is 1. The molecule has 0 saturated carbocycles. The van der Waals surface area contributed by atoms with Crippen molar-refractivity contribution < 1.29 is 9.13 Å². The minimum Gasteiger partial charge on any atom is -0.492 e. The molecule has 0 aliphatic rings. The lowest BCUT2D eigenvalue weighted by atomic mass is 10.2. The number of halogens is 4. The summed E-state index contributed by atoms with van der Waals surface area (Å²) in [7, 11) is 0. The second kappa shape index (κ2) is 7.47. The van der Waals surface area contributed by atoms with Crippen LogP contribution in [0.25, 0.3) is 0 Å². The zero-order valence-electron chi connectivity index (χ0n) is 11.2. The van der Waals surface area contributed by atoms with Crippen LogP contribution < -0.4 is 10.1 Å². The lowest BCUT2D eigenvalue weighted by Gasteiger charge is -2.12. The van der Waals surface area contributed by atoms with E-state index in [1.54, 1.807) is 12.1 Å². The highest BCUT2D eigenvalue weighted by atomic mass is 79.9. The molecule has 0 aromatic heterocycles. The first-order chi connectivity index (χ1) is 10.0. The van der Waals surface area contributed by atoms with E-state index in [4.69, 9.17) is 16.3 Å². The Bertz CT molecular complexity index is 629. The minimum absolute atomic E-state index is 0.106. The molecule has 0 atom stereocenters. The second-order valence-electron chi connectivity index (χ2n) is 4.28. The fourth-order valence-electron chi connectivity index (χ4n) is 1.83. The normalized spacial score (nSPS) is 10.5. The Labute approximate surface area is 144 Å². The van der Waals surface area contributed by atoms with Gasteiger partial charge in [0.25, 0.3) is 0 Å². The lowest BCUT2D eigenvalue weighted by Crippen LogP contribution is -2.03. The summed E-state index contributed by atoms with van der Waals surface area (Å²) in [6, 6.07) is 8.75. The molecule has 2 rings (SSSR count). The first-order valence-corrected chi connectivity index (χ1v) is 8.28. The smallest absolute Gasteiger partial charge is 0.164 e. The van der Waals surface area contributed by atoms with Gasteiger partial charge in [-0.1, -0.05) is 17.7 Å². The number of anilines is 1. The molecule has 0 aliphatic carbocycles. The van der Waals surface area contributed by atoms with Crippen molar-refractivity contribution in [2.24, 2.45) is 0 Å². The van der Waals surface area contributed by atoms with E-state index in [-0.39, 0.29) is 5.02 Å². The molecule has 0 heterocycles. The van der Waals surface area contributed by atoms with Crippen LogP contribution in [0, 0.1) is 5.82 Å². The highest BCUT2D eigenvalue weighted by Crippen LogP contribution is 2.35. The summed E-state index contributed by atoms with van der Waals surface area (Å²) < 4.78 is 21.0. The van der Waals surface area contributed by atoms with Crippen molar-refractivity contribution in [3.05, 3.63) is 55.7 Å². The molecule has 2 nitrogen and oxygen atoms in total. The third-order valence-corrected chi connectivity index (χ3v) is 4.25. The summed E-state index contributed by atoms with van der Waals surface area (Å²) in [5, 5.41) is 3.14. The van der Waals surface area contributed by atoms with Gasteiger partial charge < -0.3 is 10.1 Å². The van der Waals surface area contributed by atoms with Crippen LogP contribution in [0.5, 0.6) is 5.75 Å². The van der Waals surface area contributed by atoms with E-state index in [1.165, 1.54) is 6.07 Å². The molecule has 0 saturated heterocycles. The van der Waals surface area contributed by atoms with Gasteiger partial charge in [0.1, 0.15) is 5.75 Å². The second-order valence-corrected chi connectivity index (χ2v) is 6.39. The Morgan fingerprint density at radius 2 is 1.90 bits per heavy atom. The van der Waals surface area contributed by atoms with Crippen molar-refractivity contribution in [2.75, 3.05) is 11.9 Å². The van der Waals surface area contributed by atoms with Crippen molar-refractivity contribution >= 4 is 49.1 Å². The van der Waals surface area contributed by atoms with Crippen LogP contribution in [0.15, 0.2) is 39.3 Å². The average molecular weight is 438 g/mol. The minimum atomic E-state index is -0.441. The number of rotatable bonds is 5. The first-order valence-electron chi connectivity index (χ1n) is 6.31. The highest BCUT2D eigenvalue weighted by Gasteiger charge is 2.10. The van der Waals surface area contributed by atoms with Gasteiger partial charge in [-0.05, 0) is 68.6 Å². The van der Waals surface area contributed by atoms with Gasteiger partial charge in [0, 0.05) is 6.54 Å². The molecular weight excluding hydrogens is 424 g/mol. The Balaban J connectivity index is 2.15. The highest BCUT2D eigenvalue weighted by molar-refractivity contribution is 9.11. The van der Waals surface area contributed by atoms with E-state index in [0.29, 0.717) is 18.8 Å².